The number of piperidine rings is 1. The largest absolute Gasteiger partial charge is 0.463 e. The van der Waals surface area contributed by atoms with E-state index in [1.807, 2.05) is 0 Å². The number of nitrogens with zero attached hydrogens (tertiary/aromatic N) is 5. The normalized spacial score (nSPS) is 18.3. The predicted molar refractivity (Wildman–Crippen MR) is 82.2 cm³/mol. The van der Waals surface area contributed by atoms with Crippen molar-refractivity contribution in [1.82, 2.24) is 19.9 Å². The third-order valence-electron chi connectivity index (χ3n) is 3.45. The second kappa shape index (κ2) is 6.95. The highest BCUT2D eigenvalue weighted by atomic mass is 79.9. The van der Waals surface area contributed by atoms with Gasteiger partial charge in [0, 0.05) is 31.4 Å². The monoisotopic (exact) mass is 367 g/mol. The standard InChI is InChI=1S/C14H15BrFN5O/c15-11-4-19-14(20-5-11)22-9-10-2-1-3-21(8-10)13-17-6-12(16)7-18-13/h4-7,10H,1-3,8-9H2. The highest BCUT2D eigenvalue weighted by Gasteiger charge is 2.22. The number of rotatable bonds is 4. The summed E-state index contributed by atoms with van der Waals surface area (Å²) in [6.45, 7) is 2.19. The van der Waals surface area contributed by atoms with Crippen LogP contribution in [0.1, 0.15) is 12.8 Å². The van der Waals surface area contributed by atoms with Crippen LogP contribution in [0.25, 0.3) is 0 Å². The molecule has 2 aromatic rings. The van der Waals surface area contributed by atoms with Crippen molar-refractivity contribution >= 4 is 21.9 Å². The highest BCUT2D eigenvalue weighted by Crippen LogP contribution is 2.21. The molecule has 6 nitrogen and oxygen atoms in total. The molecule has 2 aromatic heterocycles. The lowest BCUT2D eigenvalue weighted by Crippen LogP contribution is -2.38. The van der Waals surface area contributed by atoms with Crippen LogP contribution in [-0.4, -0.2) is 39.6 Å². The van der Waals surface area contributed by atoms with Crippen molar-refractivity contribution < 1.29 is 9.13 Å². The summed E-state index contributed by atoms with van der Waals surface area (Å²) in [5, 5.41) is 0. The zero-order valence-corrected chi connectivity index (χ0v) is 13.4. The topological polar surface area (TPSA) is 64.0 Å². The summed E-state index contributed by atoms with van der Waals surface area (Å²) in [7, 11) is 0. The lowest BCUT2D eigenvalue weighted by Gasteiger charge is -2.32. The summed E-state index contributed by atoms with van der Waals surface area (Å²) in [6, 6.07) is 0.373. The Hall–Kier alpha value is -1.83. The molecule has 1 unspecified atom stereocenters. The van der Waals surface area contributed by atoms with E-state index in [2.05, 4.69) is 40.8 Å². The van der Waals surface area contributed by atoms with Crippen LogP contribution in [0.15, 0.2) is 29.3 Å². The summed E-state index contributed by atoms with van der Waals surface area (Å²) < 4.78 is 19.3. The maximum Gasteiger partial charge on any atom is 0.316 e. The minimum atomic E-state index is -0.423. The van der Waals surface area contributed by atoms with E-state index in [-0.39, 0.29) is 0 Å². The SMILES string of the molecule is Fc1cnc(N2CCCC(COc3ncc(Br)cn3)C2)nc1. The van der Waals surface area contributed by atoms with Crippen LogP contribution in [0.3, 0.4) is 0 Å². The Morgan fingerprint density at radius 3 is 2.64 bits per heavy atom. The molecule has 0 spiro atoms. The van der Waals surface area contributed by atoms with Crippen LogP contribution in [0.4, 0.5) is 10.3 Å². The predicted octanol–water partition coefficient (Wildman–Crippen LogP) is 2.46. The molecule has 0 amide bonds. The summed E-state index contributed by atoms with van der Waals surface area (Å²) in [5.41, 5.74) is 0. The van der Waals surface area contributed by atoms with Gasteiger partial charge in [0.1, 0.15) is 0 Å². The molecule has 116 valence electrons. The second-order valence-corrected chi connectivity index (χ2v) is 6.07. The van der Waals surface area contributed by atoms with E-state index in [0.29, 0.717) is 24.5 Å². The molecule has 8 heteroatoms. The molecule has 22 heavy (non-hydrogen) atoms. The van der Waals surface area contributed by atoms with Gasteiger partial charge in [-0.15, -0.1) is 0 Å². The highest BCUT2D eigenvalue weighted by molar-refractivity contribution is 9.10. The van der Waals surface area contributed by atoms with Crippen LogP contribution >= 0.6 is 15.9 Å². The van der Waals surface area contributed by atoms with Gasteiger partial charge in [-0.25, -0.2) is 24.3 Å². The van der Waals surface area contributed by atoms with Crippen molar-refractivity contribution in [2.75, 3.05) is 24.6 Å². The average Bonchev–Trinajstić information content (AvgIpc) is 2.55. The summed E-state index contributed by atoms with van der Waals surface area (Å²) in [6.07, 6.45) is 7.78. The minimum Gasteiger partial charge on any atom is -0.463 e. The zero-order chi connectivity index (χ0) is 15.4. The van der Waals surface area contributed by atoms with Gasteiger partial charge in [0.2, 0.25) is 5.95 Å². The van der Waals surface area contributed by atoms with Gasteiger partial charge in [0.25, 0.3) is 0 Å². The minimum absolute atomic E-state index is 0.342. The molecule has 1 atom stereocenters. The van der Waals surface area contributed by atoms with Crippen molar-refractivity contribution in [3.63, 3.8) is 0 Å². The van der Waals surface area contributed by atoms with Crippen molar-refractivity contribution in [2.45, 2.75) is 12.8 Å². The van der Waals surface area contributed by atoms with E-state index in [1.54, 1.807) is 12.4 Å². The molecule has 1 fully saturated rings. The molecule has 0 aromatic carbocycles. The van der Waals surface area contributed by atoms with E-state index >= 15 is 0 Å². The number of hydrogen-bond acceptors (Lipinski definition) is 6. The van der Waals surface area contributed by atoms with Crippen LogP contribution in [0.5, 0.6) is 6.01 Å². The van der Waals surface area contributed by atoms with Gasteiger partial charge in [-0.05, 0) is 28.8 Å². The van der Waals surface area contributed by atoms with Gasteiger partial charge in [0.15, 0.2) is 5.82 Å². The van der Waals surface area contributed by atoms with Gasteiger partial charge in [-0.3, -0.25) is 0 Å². The molecule has 1 aliphatic heterocycles. The van der Waals surface area contributed by atoms with Crippen LogP contribution in [0, 0.1) is 11.7 Å². The molecule has 0 N–H and O–H groups in total. The molecule has 0 saturated carbocycles. The first kappa shape index (κ1) is 15.1. The number of aromatic nitrogens is 4. The third kappa shape index (κ3) is 3.88. The van der Waals surface area contributed by atoms with E-state index in [1.165, 1.54) is 12.4 Å². The first-order valence-electron chi connectivity index (χ1n) is 7.03. The number of halogens is 2. The van der Waals surface area contributed by atoms with Gasteiger partial charge < -0.3 is 9.64 Å². The molecule has 3 heterocycles. The van der Waals surface area contributed by atoms with Gasteiger partial charge >= 0.3 is 6.01 Å². The Bertz CT molecular complexity index is 610. The maximum absolute atomic E-state index is 12.9. The summed E-state index contributed by atoms with van der Waals surface area (Å²) in [5.74, 6) is 0.480. The van der Waals surface area contributed by atoms with Crippen LogP contribution in [-0.2, 0) is 0 Å². The van der Waals surface area contributed by atoms with E-state index < -0.39 is 5.82 Å². The molecule has 3 rings (SSSR count). The number of ether oxygens (including phenoxy) is 1. The van der Waals surface area contributed by atoms with Gasteiger partial charge in [-0.1, -0.05) is 0 Å². The zero-order valence-electron chi connectivity index (χ0n) is 11.8. The first-order valence-corrected chi connectivity index (χ1v) is 7.83. The average molecular weight is 368 g/mol. The van der Waals surface area contributed by atoms with E-state index in [9.17, 15) is 4.39 Å². The molecule has 0 aliphatic carbocycles. The van der Waals surface area contributed by atoms with Gasteiger partial charge in [-0.2, -0.15) is 0 Å². The fourth-order valence-electron chi connectivity index (χ4n) is 2.42. The lowest BCUT2D eigenvalue weighted by molar-refractivity contribution is 0.213. The number of anilines is 1. The second-order valence-electron chi connectivity index (χ2n) is 5.15. The number of hydrogen-bond donors (Lipinski definition) is 0. The Labute approximate surface area is 135 Å². The smallest absolute Gasteiger partial charge is 0.316 e. The fourth-order valence-corrected chi connectivity index (χ4v) is 2.62. The summed E-state index contributed by atoms with van der Waals surface area (Å²) >= 11 is 3.28. The van der Waals surface area contributed by atoms with Crippen molar-refractivity contribution in [3.8, 4) is 6.01 Å². The van der Waals surface area contributed by atoms with Crippen molar-refractivity contribution in [1.29, 1.82) is 0 Å². The third-order valence-corrected chi connectivity index (χ3v) is 3.86. The lowest BCUT2D eigenvalue weighted by atomic mass is 9.99. The van der Waals surface area contributed by atoms with E-state index in [4.69, 9.17) is 4.74 Å². The van der Waals surface area contributed by atoms with Crippen LogP contribution in [0.2, 0.25) is 0 Å². The van der Waals surface area contributed by atoms with Crippen molar-refractivity contribution in [2.24, 2.45) is 5.92 Å². The molecular formula is C14H15BrFN5O. The fraction of sp³-hybridized carbons (Fsp3) is 0.429. The molecule has 1 aliphatic rings. The maximum atomic E-state index is 12.9. The van der Waals surface area contributed by atoms with E-state index in [0.717, 1.165) is 30.4 Å². The molecule has 0 radical (unpaired) electrons. The first-order chi connectivity index (χ1) is 10.7. The quantitative estimate of drug-likeness (QED) is 0.826. The summed E-state index contributed by atoms with van der Waals surface area (Å²) in [4.78, 5) is 18.3. The Kier molecular flexibility index (Phi) is 4.77. The van der Waals surface area contributed by atoms with Crippen LogP contribution < -0.4 is 9.64 Å². The van der Waals surface area contributed by atoms with Gasteiger partial charge in [0.05, 0.1) is 23.5 Å². The molecule has 1 saturated heterocycles. The molecule has 0 bridgehead atoms. The Morgan fingerprint density at radius 2 is 1.91 bits per heavy atom. The Morgan fingerprint density at radius 1 is 1.18 bits per heavy atom. The molecular weight excluding hydrogens is 353 g/mol. The van der Waals surface area contributed by atoms with Crippen molar-refractivity contribution in [3.05, 3.63) is 35.1 Å². The Balaban J connectivity index is 1.56.